The van der Waals surface area contributed by atoms with Gasteiger partial charge in [-0.05, 0) is 0 Å². The zero-order valence-corrected chi connectivity index (χ0v) is 10.3. The van der Waals surface area contributed by atoms with E-state index < -0.39 is 43.6 Å². The highest BCUT2D eigenvalue weighted by Gasteiger charge is 2.44. The summed E-state index contributed by atoms with van der Waals surface area (Å²) in [6.45, 7) is -1.20. The summed E-state index contributed by atoms with van der Waals surface area (Å²) < 4.78 is 10.8. The number of rotatable bonds is 4. The van der Waals surface area contributed by atoms with Crippen molar-refractivity contribution < 1.29 is 29.9 Å². The van der Waals surface area contributed by atoms with Gasteiger partial charge in [-0.1, -0.05) is 0 Å². The fourth-order valence-corrected chi connectivity index (χ4v) is 1.94. The fraction of sp³-hybridized carbons (Fsp3) is 0.600. The number of hydrogen-bond acceptors (Lipinski definition) is 9. The summed E-state index contributed by atoms with van der Waals surface area (Å²) >= 11 is 0. The molecule has 0 aliphatic carbocycles. The number of nitrogens with zero attached hydrogens (tertiary/aromatic N) is 2. The Bertz CT molecular complexity index is 534. The maximum Gasteiger partial charge on any atom is 0.351 e. The Morgan fingerprint density at radius 3 is 2.65 bits per heavy atom. The first kappa shape index (κ1) is 14.7. The lowest BCUT2D eigenvalue weighted by atomic mass is 10.1. The Morgan fingerprint density at radius 1 is 1.40 bits per heavy atom. The zero-order valence-electron chi connectivity index (χ0n) is 10.3. The van der Waals surface area contributed by atoms with Crippen LogP contribution in [0.1, 0.15) is 6.23 Å². The Kier molecular flexibility index (Phi) is 4.20. The van der Waals surface area contributed by atoms with E-state index in [1.807, 2.05) is 0 Å². The van der Waals surface area contributed by atoms with Crippen molar-refractivity contribution in [3.63, 3.8) is 0 Å². The summed E-state index contributed by atoms with van der Waals surface area (Å²) in [6.07, 6.45) is -3.96. The second-order valence-electron chi connectivity index (χ2n) is 4.18. The van der Waals surface area contributed by atoms with Crippen LogP contribution in [-0.4, -0.2) is 61.7 Å². The van der Waals surface area contributed by atoms with Crippen LogP contribution in [-0.2, 0) is 4.74 Å². The van der Waals surface area contributed by atoms with Crippen molar-refractivity contribution in [2.75, 3.05) is 19.1 Å². The van der Waals surface area contributed by atoms with Gasteiger partial charge in [-0.15, -0.1) is 0 Å². The zero-order chi connectivity index (χ0) is 14.9. The molecular formula is C10H15N3O7. The van der Waals surface area contributed by atoms with Gasteiger partial charge in [-0.3, -0.25) is 4.57 Å². The monoisotopic (exact) mass is 289 g/mol. The second-order valence-corrected chi connectivity index (χ2v) is 4.18. The third-order valence-corrected chi connectivity index (χ3v) is 2.96. The van der Waals surface area contributed by atoms with Gasteiger partial charge < -0.3 is 35.6 Å². The third-order valence-electron chi connectivity index (χ3n) is 2.96. The van der Waals surface area contributed by atoms with E-state index in [-0.39, 0.29) is 11.6 Å². The van der Waals surface area contributed by atoms with Gasteiger partial charge in [0.25, 0.3) is 0 Å². The number of aliphatic hydroxyl groups is 4. The summed E-state index contributed by atoms with van der Waals surface area (Å²) in [7, 11) is 0. The molecular weight excluding hydrogens is 274 g/mol. The molecule has 6 N–H and O–H groups in total. The smallest absolute Gasteiger partial charge is 0.351 e. The van der Waals surface area contributed by atoms with Crippen LogP contribution in [0.5, 0.6) is 5.75 Å². The van der Waals surface area contributed by atoms with E-state index in [0.29, 0.717) is 0 Å². The van der Waals surface area contributed by atoms with Gasteiger partial charge >= 0.3 is 5.69 Å². The first-order valence-electron chi connectivity index (χ1n) is 5.74. The third kappa shape index (κ3) is 2.46. The van der Waals surface area contributed by atoms with Gasteiger partial charge in [-0.2, -0.15) is 4.98 Å². The van der Waals surface area contributed by atoms with Crippen LogP contribution >= 0.6 is 0 Å². The van der Waals surface area contributed by atoms with Gasteiger partial charge in [0.1, 0.15) is 18.3 Å². The van der Waals surface area contributed by atoms with Crippen molar-refractivity contribution in [1.29, 1.82) is 0 Å². The Hall–Kier alpha value is -1.72. The van der Waals surface area contributed by atoms with Crippen molar-refractivity contribution in [1.82, 2.24) is 9.55 Å². The van der Waals surface area contributed by atoms with Gasteiger partial charge in [0.2, 0.25) is 0 Å². The first-order chi connectivity index (χ1) is 9.49. The maximum absolute atomic E-state index is 11.7. The lowest BCUT2D eigenvalue weighted by molar-refractivity contribution is -0.0553. The normalized spacial score (nSPS) is 29.6. The van der Waals surface area contributed by atoms with E-state index in [2.05, 4.69) is 4.98 Å². The van der Waals surface area contributed by atoms with Crippen LogP contribution in [0, 0.1) is 0 Å². The summed E-state index contributed by atoms with van der Waals surface area (Å²) in [4.78, 5) is 15.2. The van der Waals surface area contributed by atoms with Crippen LogP contribution < -0.4 is 16.2 Å². The van der Waals surface area contributed by atoms with Crippen LogP contribution in [0.25, 0.3) is 0 Å². The van der Waals surface area contributed by atoms with E-state index in [4.69, 9.17) is 25.4 Å². The molecule has 1 aliphatic heterocycles. The molecule has 10 nitrogen and oxygen atoms in total. The molecule has 10 heteroatoms. The topological polar surface area (TPSA) is 160 Å². The standard InChI is InChI=1S/C10H15N3O7/c11-8-4(19-3-15)1-13(10(18)12-8)9-7(17)6(16)5(2-14)20-9/h1,5-7,9,14-17H,2-3H2,(H2,11,12,18)/t5-,6-,7-,9-/m1/s1. The molecule has 0 aromatic carbocycles. The molecule has 112 valence electrons. The van der Waals surface area contributed by atoms with Crippen molar-refractivity contribution >= 4 is 5.82 Å². The molecule has 2 heterocycles. The van der Waals surface area contributed by atoms with Crippen molar-refractivity contribution in [3.05, 3.63) is 16.7 Å². The average Bonchev–Trinajstić information content (AvgIpc) is 2.70. The Labute approximate surface area is 112 Å². The summed E-state index contributed by atoms with van der Waals surface area (Å²) in [5.74, 6) is -0.308. The number of ether oxygens (including phenoxy) is 2. The summed E-state index contributed by atoms with van der Waals surface area (Å²) in [5.41, 5.74) is 4.61. The molecule has 1 fully saturated rings. The van der Waals surface area contributed by atoms with Crippen LogP contribution in [0.2, 0.25) is 0 Å². The number of hydrogen-bond donors (Lipinski definition) is 5. The SMILES string of the molecule is Nc1nc(=O)n([C@@H]2O[C@H](CO)[C@@H](O)[C@H]2O)cc1OCO. The van der Waals surface area contributed by atoms with E-state index >= 15 is 0 Å². The minimum absolute atomic E-state index is 0.0789. The minimum atomic E-state index is -1.43. The summed E-state index contributed by atoms with van der Waals surface area (Å²) in [5, 5.41) is 37.2. The second kappa shape index (κ2) is 5.73. The molecule has 1 aromatic rings. The number of nitrogens with two attached hydrogens (primary N) is 1. The van der Waals surface area contributed by atoms with Gasteiger partial charge in [0.05, 0.1) is 12.8 Å². The van der Waals surface area contributed by atoms with Crippen molar-refractivity contribution in [2.24, 2.45) is 0 Å². The molecule has 2 rings (SSSR count). The summed E-state index contributed by atoms with van der Waals surface area (Å²) in [6, 6.07) is 0. The van der Waals surface area contributed by atoms with Gasteiger partial charge in [-0.25, -0.2) is 4.79 Å². The maximum atomic E-state index is 11.7. The highest BCUT2D eigenvalue weighted by atomic mass is 16.6. The molecule has 4 atom stereocenters. The minimum Gasteiger partial charge on any atom is -0.462 e. The molecule has 20 heavy (non-hydrogen) atoms. The average molecular weight is 289 g/mol. The van der Waals surface area contributed by atoms with Gasteiger partial charge in [0.15, 0.2) is 24.6 Å². The Morgan fingerprint density at radius 2 is 2.10 bits per heavy atom. The molecule has 1 aromatic heterocycles. The molecule has 0 unspecified atom stereocenters. The Balaban J connectivity index is 2.38. The fourth-order valence-electron chi connectivity index (χ4n) is 1.94. The van der Waals surface area contributed by atoms with E-state index in [1.54, 1.807) is 0 Å². The molecule has 1 saturated heterocycles. The molecule has 0 bridgehead atoms. The van der Waals surface area contributed by atoms with Crippen LogP contribution in [0.15, 0.2) is 11.0 Å². The number of nitrogen functional groups attached to an aromatic ring is 1. The predicted octanol–water partition coefficient (Wildman–Crippen LogP) is -3.23. The molecule has 0 spiro atoms. The first-order valence-corrected chi connectivity index (χ1v) is 5.74. The quantitative estimate of drug-likeness (QED) is 0.359. The van der Waals surface area contributed by atoms with Crippen LogP contribution in [0.4, 0.5) is 5.82 Å². The number of anilines is 1. The van der Waals surface area contributed by atoms with Gasteiger partial charge in [0, 0.05) is 0 Å². The lowest BCUT2D eigenvalue weighted by Crippen LogP contribution is -2.36. The highest BCUT2D eigenvalue weighted by Crippen LogP contribution is 2.29. The number of aromatic nitrogens is 2. The molecule has 1 aliphatic rings. The van der Waals surface area contributed by atoms with E-state index in [0.717, 1.165) is 10.8 Å². The van der Waals surface area contributed by atoms with Crippen molar-refractivity contribution in [3.8, 4) is 5.75 Å². The van der Waals surface area contributed by atoms with Crippen LogP contribution in [0.3, 0.4) is 0 Å². The predicted molar refractivity (Wildman–Crippen MR) is 63.6 cm³/mol. The lowest BCUT2D eigenvalue weighted by Gasteiger charge is -2.18. The number of aliphatic hydroxyl groups excluding tert-OH is 4. The molecule has 0 saturated carbocycles. The largest absolute Gasteiger partial charge is 0.462 e. The van der Waals surface area contributed by atoms with Crippen molar-refractivity contribution in [2.45, 2.75) is 24.5 Å². The molecule has 0 amide bonds. The van der Waals surface area contributed by atoms with E-state index in [9.17, 15) is 15.0 Å². The molecule has 0 radical (unpaired) electrons. The van der Waals surface area contributed by atoms with E-state index in [1.165, 1.54) is 0 Å². The highest BCUT2D eigenvalue weighted by molar-refractivity contribution is 5.43.